The molecule has 1 saturated carbocycles. The lowest BCUT2D eigenvalue weighted by Gasteiger charge is -2.29. The van der Waals surface area contributed by atoms with Gasteiger partial charge in [0.1, 0.15) is 6.04 Å². The number of amides is 1. The summed E-state index contributed by atoms with van der Waals surface area (Å²) in [6.07, 6.45) is 10.1. The van der Waals surface area contributed by atoms with Crippen LogP contribution in [0.3, 0.4) is 0 Å². The maximum Gasteiger partial charge on any atom is 0.326 e. The number of likely N-dealkylation sites (tertiary alicyclic amines) is 1. The first kappa shape index (κ1) is 14.4. The second-order valence-corrected chi connectivity index (χ2v) is 6.00. The summed E-state index contributed by atoms with van der Waals surface area (Å²) in [6.45, 7) is 0.628. The maximum absolute atomic E-state index is 12.4. The Morgan fingerprint density at radius 1 is 0.947 bits per heavy atom. The molecule has 2 fully saturated rings. The van der Waals surface area contributed by atoms with Gasteiger partial charge in [0.05, 0.1) is 0 Å². The fraction of sp³-hybridized carbons (Fsp3) is 0.867. The van der Waals surface area contributed by atoms with Crippen molar-refractivity contribution in [3.05, 3.63) is 0 Å². The molecule has 1 aliphatic heterocycles. The summed E-state index contributed by atoms with van der Waals surface area (Å²) < 4.78 is 0. The normalized spacial score (nSPS) is 25.9. The molecule has 0 spiro atoms. The maximum atomic E-state index is 12.4. The Morgan fingerprint density at radius 3 is 2.26 bits per heavy atom. The van der Waals surface area contributed by atoms with Gasteiger partial charge in [-0.2, -0.15) is 0 Å². The number of hydrogen-bond donors (Lipinski definition) is 1. The van der Waals surface area contributed by atoms with Gasteiger partial charge in [0, 0.05) is 13.0 Å². The van der Waals surface area contributed by atoms with Crippen molar-refractivity contribution in [2.75, 3.05) is 6.54 Å². The van der Waals surface area contributed by atoms with Crippen LogP contribution in [0, 0.1) is 5.92 Å². The van der Waals surface area contributed by atoms with Gasteiger partial charge in [-0.25, -0.2) is 4.79 Å². The van der Waals surface area contributed by atoms with E-state index in [1.807, 2.05) is 0 Å². The van der Waals surface area contributed by atoms with Crippen molar-refractivity contribution in [2.45, 2.75) is 70.3 Å². The van der Waals surface area contributed by atoms with E-state index in [2.05, 4.69) is 0 Å². The molecule has 0 bridgehead atoms. The number of nitrogens with zero attached hydrogens (tertiary/aromatic N) is 1. The molecule has 1 atom stereocenters. The van der Waals surface area contributed by atoms with Gasteiger partial charge in [0.2, 0.25) is 5.91 Å². The van der Waals surface area contributed by atoms with Crippen molar-refractivity contribution >= 4 is 11.9 Å². The Hall–Kier alpha value is -1.06. The van der Waals surface area contributed by atoms with Crippen molar-refractivity contribution in [3.8, 4) is 0 Å². The van der Waals surface area contributed by atoms with Gasteiger partial charge in [0.15, 0.2) is 0 Å². The number of hydrogen-bond acceptors (Lipinski definition) is 2. The van der Waals surface area contributed by atoms with E-state index in [4.69, 9.17) is 0 Å². The lowest BCUT2D eigenvalue weighted by Crippen LogP contribution is -2.45. The third-order valence-electron chi connectivity index (χ3n) is 4.55. The van der Waals surface area contributed by atoms with Gasteiger partial charge in [-0.15, -0.1) is 0 Å². The van der Waals surface area contributed by atoms with Crippen LogP contribution < -0.4 is 0 Å². The molecule has 4 heteroatoms. The summed E-state index contributed by atoms with van der Waals surface area (Å²) in [5.74, 6) is -0.279. The topological polar surface area (TPSA) is 57.6 Å². The largest absolute Gasteiger partial charge is 0.480 e. The van der Waals surface area contributed by atoms with Crippen LogP contribution in [0.4, 0.5) is 0 Å². The van der Waals surface area contributed by atoms with E-state index >= 15 is 0 Å². The summed E-state index contributed by atoms with van der Waals surface area (Å²) in [7, 11) is 0. The first-order chi connectivity index (χ1) is 9.18. The highest BCUT2D eigenvalue weighted by Crippen LogP contribution is 2.28. The van der Waals surface area contributed by atoms with Crippen LogP contribution in [0.1, 0.15) is 64.2 Å². The molecule has 19 heavy (non-hydrogen) atoms. The molecule has 0 aromatic carbocycles. The molecular weight excluding hydrogens is 242 g/mol. The second-order valence-electron chi connectivity index (χ2n) is 6.00. The van der Waals surface area contributed by atoms with Crippen molar-refractivity contribution in [1.82, 2.24) is 4.90 Å². The zero-order valence-corrected chi connectivity index (χ0v) is 11.6. The van der Waals surface area contributed by atoms with E-state index in [0.29, 0.717) is 25.3 Å². The van der Waals surface area contributed by atoms with E-state index < -0.39 is 12.0 Å². The average molecular weight is 267 g/mol. The monoisotopic (exact) mass is 267 g/mol. The summed E-state index contributed by atoms with van der Waals surface area (Å²) in [5.41, 5.74) is 0. The Balaban J connectivity index is 1.95. The Morgan fingerprint density at radius 2 is 1.58 bits per heavy atom. The molecule has 1 amide bonds. The van der Waals surface area contributed by atoms with Crippen LogP contribution in [0.2, 0.25) is 0 Å². The van der Waals surface area contributed by atoms with E-state index in [1.54, 1.807) is 4.90 Å². The number of carbonyl (C=O) groups is 2. The average Bonchev–Trinajstić information content (AvgIpc) is 2.65. The van der Waals surface area contributed by atoms with Gasteiger partial charge in [-0.05, 0) is 31.6 Å². The van der Waals surface area contributed by atoms with E-state index in [1.165, 1.54) is 19.3 Å². The van der Waals surface area contributed by atoms with Crippen LogP contribution in [0.25, 0.3) is 0 Å². The highest BCUT2D eigenvalue weighted by Gasteiger charge is 2.31. The minimum Gasteiger partial charge on any atom is -0.480 e. The van der Waals surface area contributed by atoms with Crippen LogP contribution in [-0.2, 0) is 9.59 Å². The molecule has 4 nitrogen and oxygen atoms in total. The molecule has 1 aliphatic carbocycles. The van der Waals surface area contributed by atoms with Crippen molar-refractivity contribution < 1.29 is 14.7 Å². The molecule has 1 heterocycles. The van der Waals surface area contributed by atoms with Crippen molar-refractivity contribution in [1.29, 1.82) is 0 Å². The second kappa shape index (κ2) is 6.92. The van der Waals surface area contributed by atoms with Crippen LogP contribution in [0.15, 0.2) is 0 Å². The third kappa shape index (κ3) is 3.95. The Kier molecular flexibility index (Phi) is 5.23. The molecular formula is C15H25NO3. The van der Waals surface area contributed by atoms with Crippen LogP contribution >= 0.6 is 0 Å². The molecule has 2 aliphatic rings. The van der Waals surface area contributed by atoms with E-state index in [0.717, 1.165) is 32.1 Å². The lowest BCUT2D eigenvalue weighted by atomic mass is 9.86. The lowest BCUT2D eigenvalue weighted by molar-refractivity contribution is -0.150. The van der Waals surface area contributed by atoms with Gasteiger partial charge >= 0.3 is 5.97 Å². The highest BCUT2D eigenvalue weighted by atomic mass is 16.4. The number of carboxylic acid groups (broad SMARTS) is 1. The minimum atomic E-state index is -0.834. The quantitative estimate of drug-likeness (QED) is 0.855. The zero-order valence-electron chi connectivity index (χ0n) is 11.6. The molecule has 108 valence electrons. The van der Waals surface area contributed by atoms with Gasteiger partial charge < -0.3 is 10.0 Å². The summed E-state index contributed by atoms with van der Waals surface area (Å²) in [6, 6.07) is -0.585. The SMILES string of the molecule is O=C(O)C1CCCCCN1C(=O)CC1CCCCC1. The first-order valence-electron chi connectivity index (χ1n) is 7.71. The molecule has 1 N–H and O–H groups in total. The minimum absolute atomic E-state index is 0.0706. The van der Waals surface area contributed by atoms with Crippen LogP contribution in [0.5, 0.6) is 0 Å². The molecule has 0 aromatic rings. The highest BCUT2D eigenvalue weighted by molar-refractivity contribution is 5.83. The smallest absolute Gasteiger partial charge is 0.326 e. The van der Waals surface area contributed by atoms with Gasteiger partial charge in [-0.1, -0.05) is 32.1 Å². The van der Waals surface area contributed by atoms with Crippen molar-refractivity contribution in [3.63, 3.8) is 0 Å². The molecule has 1 saturated heterocycles. The Bertz CT molecular complexity index is 323. The predicted octanol–water partition coefficient (Wildman–Crippen LogP) is 2.81. The summed E-state index contributed by atoms with van der Waals surface area (Å²) >= 11 is 0. The van der Waals surface area contributed by atoms with Crippen LogP contribution in [-0.4, -0.2) is 34.5 Å². The first-order valence-corrected chi connectivity index (χ1v) is 7.71. The van der Waals surface area contributed by atoms with E-state index in [9.17, 15) is 14.7 Å². The fourth-order valence-electron chi connectivity index (χ4n) is 3.42. The molecule has 0 radical (unpaired) electrons. The Labute approximate surface area is 115 Å². The molecule has 2 rings (SSSR count). The number of aliphatic carboxylic acids is 1. The molecule has 1 unspecified atom stereocenters. The number of carbonyl (C=O) groups excluding carboxylic acids is 1. The van der Waals surface area contributed by atoms with E-state index in [-0.39, 0.29) is 5.91 Å². The van der Waals surface area contributed by atoms with Gasteiger partial charge in [-0.3, -0.25) is 4.79 Å². The standard InChI is InChI=1S/C15H25NO3/c17-14(11-12-7-3-1-4-8-12)16-10-6-2-5-9-13(16)15(18)19/h12-13H,1-11H2,(H,18,19). The predicted molar refractivity (Wildman–Crippen MR) is 72.8 cm³/mol. The van der Waals surface area contributed by atoms with Gasteiger partial charge in [0.25, 0.3) is 0 Å². The summed E-state index contributed by atoms with van der Waals surface area (Å²) in [5, 5.41) is 9.29. The fourth-order valence-corrected chi connectivity index (χ4v) is 3.42. The number of carboxylic acids is 1. The zero-order chi connectivity index (χ0) is 13.7. The number of rotatable bonds is 3. The molecule has 0 aromatic heterocycles. The summed E-state index contributed by atoms with van der Waals surface area (Å²) in [4.78, 5) is 25.4. The third-order valence-corrected chi connectivity index (χ3v) is 4.55. The van der Waals surface area contributed by atoms with Crippen molar-refractivity contribution in [2.24, 2.45) is 5.92 Å².